The second-order valence-corrected chi connectivity index (χ2v) is 11.1. The van der Waals surface area contributed by atoms with Gasteiger partial charge in [0.25, 0.3) is 5.78 Å². The maximum atomic E-state index is 17.9. The number of esters is 3. The number of ether oxygens (including phenoxy) is 3. The molecule has 0 unspecified atom stereocenters. The molecule has 0 saturated heterocycles. The van der Waals surface area contributed by atoms with Gasteiger partial charge in [0.2, 0.25) is 5.60 Å². The number of fused-ring (bicyclic) bond motifs is 5. The van der Waals surface area contributed by atoms with Crippen LogP contribution in [0, 0.1) is 22.7 Å². The van der Waals surface area contributed by atoms with E-state index in [0.29, 0.717) is 12.0 Å². The molecule has 3 saturated carbocycles. The van der Waals surface area contributed by atoms with E-state index in [2.05, 4.69) is 0 Å². The molecule has 0 spiro atoms. The molecule has 0 heterocycles. The number of carboxylic acid groups (broad SMARTS) is 1. The smallest absolute Gasteiger partial charge is 0.376 e. The first-order valence-corrected chi connectivity index (χ1v) is 12.5. The van der Waals surface area contributed by atoms with Gasteiger partial charge in [0.1, 0.15) is 6.10 Å². The fourth-order valence-electron chi connectivity index (χ4n) is 7.83. The first-order valence-electron chi connectivity index (χ1n) is 12.5. The minimum absolute atomic E-state index is 0.163. The van der Waals surface area contributed by atoms with Crippen molar-refractivity contribution in [1.82, 2.24) is 0 Å². The van der Waals surface area contributed by atoms with E-state index in [1.54, 1.807) is 6.92 Å². The van der Waals surface area contributed by atoms with E-state index in [9.17, 15) is 33.9 Å². The van der Waals surface area contributed by atoms with Crippen LogP contribution < -0.4 is 0 Å². The number of carboxylic acids is 1. The molecule has 0 aromatic heterocycles. The molecule has 11 heteroatoms. The van der Waals surface area contributed by atoms with E-state index in [4.69, 9.17) is 14.2 Å². The van der Waals surface area contributed by atoms with Crippen LogP contribution in [0.4, 0.5) is 4.39 Å². The molecule has 206 valence electrons. The number of rotatable bonds is 5. The van der Waals surface area contributed by atoms with Crippen LogP contribution in [0.2, 0.25) is 0 Å². The zero-order valence-electron chi connectivity index (χ0n) is 21.9. The van der Waals surface area contributed by atoms with Crippen LogP contribution in [-0.2, 0) is 43.0 Å². The summed E-state index contributed by atoms with van der Waals surface area (Å²) in [5, 5.41) is 9.80. The van der Waals surface area contributed by atoms with Gasteiger partial charge in [-0.2, -0.15) is 0 Å². The summed E-state index contributed by atoms with van der Waals surface area (Å²) in [6.07, 6.45) is 0.998. The number of carbonyl (C=O) groups is 6. The summed E-state index contributed by atoms with van der Waals surface area (Å²) < 4.78 is 34.4. The van der Waals surface area contributed by atoms with Gasteiger partial charge in [-0.15, -0.1) is 0 Å². The highest BCUT2D eigenvalue weighted by Crippen LogP contribution is 2.71. The Hall–Kier alpha value is -3.37. The quantitative estimate of drug-likeness (QED) is 0.316. The third-order valence-electron chi connectivity index (χ3n) is 9.23. The topological polar surface area (TPSA) is 150 Å². The normalized spacial score (nSPS) is 41.1. The van der Waals surface area contributed by atoms with Crippen molar-refractivity contribution in [1.29, 1.82) is 0 Å². The van der Waals surface area contributed by atoms with Crippen molar-refractivity contribution in [3.8, 4) is 0 Å². The van der Waals surface area contributed by atoms with E-state index in [0.717, 1.165) is 20.8 Å². The fraction of sp³-hybridized carbons (Fsp3) is 0.630. The minimum atomic E-state index is -2.49. The van der Waals surface area contributed by atoms with Crippen LogP contribution in [0.1, 0.15) is 60.3 Å². The number of hydrogen-bond acceptors (Lipinski definition) is 9. The summed E-state index contributed by atoms with van der Waals surface area (Å²) in [5.74, 6) is -8.12. The second-order valence-electron chi connectivity index (χ2n) is 11.1. The third kappa shape index (κ3) is 3.57. The van der Waals surface area contributed by atoms with Gasteiger partial charge < -0.3 is 19.3 Å². The van der Waals surface area contributed by atoms with E-state index in [1.807, 2.05) is 0 Å². The lowest BCUT2D eigenvalue weighted by atomic mass is 9.44. The molecule has 38 heavy (non-hydrogen) atoms. The van der Waals surface area contributed by atoms with Crippen molar-refractivity contribution in [2.45, 2.75) is 83.8 Å². The van der Waals surface area contributed by atoms with Crippen LogP contribution in [0.25, 0.3) is 0 Å². The molecule has 0 radical (unpaired) electrons. The van der Waals surface area contributed by atoms with Gasteiger partial charge in [0.05, 0.1) is 0 Å². The van der Waals surface area contributed by atoms with Crippen molar-refractivity contribution in [2.24, 2.45) is 22.7 Å². The van der Waals surface area contributed by atoms with Crippen LogP contribution in [0.3, 0.4) is 0 Å². The molecule has 0 aromatic carbocycles. The summed E-state index contributed by atoms with van der Waals surface area (Å²) in [7, 11) is 0. The summed E-state index contributed by atoms with van der Waals surface area (Å²) in [5.41, 5.74) is -7.18. The first kappa shape index (κ1) is 27.7. The Balaban J connectivity index is 1.98. The van der Waals surface area contributed by atoms with Crippen molar-refractivity contribution in [3.05, 3.63) is 23.8 Å². The van der Waals surface area contributed by atoms with Gasteiger partial charge in [-0.1, -0.05) is 18.6 Å². The number of Topliss-reactive ketones (excluding diaryl/α,β-unsaturated/α-hetero) is 1. The molecule has 0 aromatic rings. The van der Waals surface area contributed by atoms with Crippen molar-refractivity contribution in [2.75, 3.05) is 0 Å². The Labute approximate surface area is 218 Å². The average Bonchev–Trinajstić information content (AvgIpc) is 3.01. The molecule has 4 aliphatic carbocycles. The van der Waals surface area contributed by atoms with Crippen LogP contribution in [-0.4, -0.2) is 64.0 Å². The number of halogens is 1. The molecule has 4 rings (SSSR count). The standard InChI is InChI=1S/C27H31FO10/c1-13(29)36-20-11-19-18-7-6-16-10-17(32)8-9-24(16,4)26(18,28)21(37-14(2)30)12-25(19,5)27(20,38-15(3)31)22(33)23(34)35/h8-10,18-21H,6-7,11-12H2,1-5H3,(H,34,35)/t18-,19-,20+,21-,24-,25-,26-,27-/m0/s1. The van der Waals surface area contributed by atoms with Gasteiger partial charge in [0.15, 0.2) is 17.6 Å². The molecular weight excluding hydrogens is 503 g/mol. The van der Waals surface area contributed by atoms with Crippen LogP contribution in [0.5, 0.6) is 0 Å². The van der Waals surface area contributed by atoms with Gasteiger partial charge >= 0.3 is 23.9 Å². The number of alkyl halides is 1. The van der Waals surface area contributed by atoms with Gasteiger partial charge in [-0.25, -0.2) is 9.18 Å². The number of carbonyl (C=O) groups excluding carboxylic acids is 5. The highest BCUT2D eigenvalue weighted by Gasteiger charge is 2.80. The number of aliphatic carboxylic acids is 1. The third-order valence-corrected chi connectivity index (χ3v) is 9.23. The Morgan fingerprint density at radius 3 is 2.13 bits per heavy atom. The van der Waals surface area contributed by atoms with Gasteiger partial charge in [0, 0.05) is 37.5 Å². The summed E-state index contributed by atoms with van der Waals surface area (Å²) >= 11 is 0. The summed E-state index contributed by atoms with van der Waals surface area (Å²) in [6.45, 7) is 6.28. The lowest BCUT2D eigenvalue weighted by molar-refractivity contribution is -0.238. The molecule has 0 bridgehead atoms. The number of ketones is 2. The second kappa shape index (κ2) is 8.84. The monoisotopic (exact) mass is 534 g/mol. The Kier molecular flexibility index (Phi) is 6.44. The molecule has 3 fully saturated rings. The van der Waals surface area contributed by atoms with Crippen molar-refractivity contribution >= 4 is 35.4 Å². The number of hydrogen-bond donors (Lipinski definition) is 1. The van der Waals surface area contributed by atoms with E-state index < -0.39 is 82.2 Å². The summed E-state index contributed by atoms with van der Waals surface area (Å²) in [6, 6.07) is 0. The molecule has 8 atom stereocenters. The van der Waals surface area contributed by atoms with Crippen LogP contribution in [0.15, 0.2) is 23.8 Å². The lowest BCUT2D eigenvalue weighted by Crippen LogP contribution is -2.71. The van der Waals surface area contributed by atoms with Crippen molar-refractivity contribution < 1.29 is 52.5 Å². The van der Waals surface area contributed by atoms with Gasteiger partial charge in [-0.3, -0.25) is 24.0 Å². The molecule has 0 aliphatic heterocycles. The van der Waals surface area contributed by atoms with Crippen molar-refractivity contribution in [3.63, 3.8) is 0 Å². The SMILES string of the molecule is CC(=O)O[C@H]1C[C@@]2(C)[C@@H](C[C@@H](OC(C)=O)[C@]2(OC(C)=O)C(=O)C(=O)O)[C@@H]2CCC3=CC(=O)C=C[C@]3(C)[C@@]12F. The first-order chi connectivity index (χ1) is 17.5. The Morgan fingerprint density at radius 1 is 0.974 bits per heavy atom. The maximum absolute atomic E-state index is 17.9. The zero-order valence-corrected chi connectivity index (χ0v) is 21.9. The van der Waals surface area contributed by atoms with E-state index in [1.165, 1.54) is 25.2 Å². The minimum Gasteiger partial charge on any atom is -0.475 e. The van der Waals surface area contributed by atoms with Crippen LogP contribution >= 0.6 is 0 Å². The Morgan fingerprint density at radius 2 is 1.58 bits per heavy atom. The molecule has 1 N–H and O–H groups in total. The predicted octanol–water partition coefficient (Wildman–Crippen LogP) is 2.43. The summed E-state index contributed by atoms with van der Waals surface area (Å²) in [4.78, 5) is 74.3. The molecule has 0 amide bonds. The van der Waals surface area contributed by atoms with Gasteiger partial charge in [-0.05, 0) is 50.7 Å². The average molecular weight is 535 g/mol. The lowest BCUT2D eigenvalue weighted by Gasteiger charge is -2.62. The predicted molar refractivity (Wildman–Crippen MR) is 126 cm³/mol. The van der Waals surface area contributed by atoms with E-state index in [-0.39, 0.29) is 18.6 Å². The highest BCUT2D eigenvalue weighted by molar-refractivity contribution is 6.37. The number of allylic oxidation sites excluding steroid dienone is 4. The molecule has 4 aliphatic rings. The fourth-order valence-corrected chi connectivity index (χ4v) is 7.83. The molecule has 10 nitrogen and oxygen atoms in total. The molecular formula is C27H31FO10. The maximum Gasteiger partial charge on any atom is 0.376 e. The Bertz CT molecular complexity index is 1200. The highest BCUT2D eigenvalue weighted by atomic mass is 19.1. The zero-order chi connectivity index (χ0) is 28.4. The van der Waals surface area contributed by atoms with E-state index >= 15 is 4.39 Å². The largest absolute Gasteiger partial charge is 0.475 e.